The number of benzene rings is 4. The maximum absolute atomic E-state index is 15.1. The Morgan fingerprint density at radius 1 is 0.820 bits per heavy atom. The molecule has 0 spiro atoms. The van der Waals surface area contributed by atoms with Gasteiger partial charge in [-0.15, -0.1) is 0 Å². The molecule has 3 fully saturated rings. The van der Waals surface area contributed by atoms with E-state index in [9.17, 15) is 29.6 Å². The van der Waals surface area contributed by atoms with Crippen LogP contribution in [0.15, 0.2) is 115 Å². The Morgan fingerprint density at radius 3 is 2.18 bits per heavy atom. The summed E-state index contributed by atoms with van der Waals surface area (Å²) in [4.78, 5) is 69.9. The van der Waals surface area contributed by atoms with Gasteiger partial charge in [-0.25, -0.2) is 0 Å². The van der Waals surface area contributed by atoms with Gasteiger partial charge in [0, 0.05) is 23.6 Å². The van der Waals surface area contributed by atoms with Crippen LogP contribution in [-0.2, 0) is 24.6 Å². The first-order valence-corrected chi connectivity index (χ1v) is 16.5. The van der Waals surface area contributed by atoms with Crippen LogP contribution in [0.1, 0.15) is 35.4 Å². The molecule has 2 aliphatic carbocycles. The molecular weight excluding hydrogens is 636 g/mol. The molecule has 2 saturated heterocycles. The number of aryl methyl sites for hydroxylation is 1. The summed E-state index contributed by atoms with van der Waals surface area (Å²) < 4.78 is 0. The number of amides is 4. The van der Waals surface area contributed by atoms with Crippen molar-refractivity contribution < 1.29 is 29.2 Å². The third-order valence-corrected chi connectivity index (χ3v) is 11.0. The number of nitrogens with zero attached hydrogens (tertiary/aromatic N) is 3. The van der Waals surface area contributed by atoms with Crippen LogP contribution in [0, 0.1) is 40.7 Å². The van der Waals surface area contributed by atoms with Crippen LogP contribution in [0.5, 0.6) is 5.75 Å². The lowest BCUT2D eigenvalue weighted by molar-refractivity contribution is -0.384. The number of non-ortho nitro benzene ring substituents is 1. The molecule has 0 radical (unpaired) electrons. The van der Waals surface area contributed by atoms with Crippen molar-refractivity contribution in [2.45, 2.75) is 31.1 Å². The Kier molecular flexibility index (Phi) is 7.18. The number of carbonyl (C=O) groups excluding carboxylic acids is 4. The predicted octanol–water partition coefficient (Wildman–Crippen LogP) is 5.80. The average Bonchev–Trinajstić information content (AvgIpc) is 3.50. The van der Waals surface area contributed by atoms with Gasteiger partial charge < -0.3 is 5.11 Å². The Morgan fingerprint density at radius 2 is 1.50 bits per heavy atom. The fraction of sp³-hybridized carbons (Fsp3) is 0.231. The lowest BCUT2D eigenvalue weighted by Gasteiger charge is -2.50. The molecule has 250 valence electrons. The fourth-order valence-corrected chi connectivity index (χ4v) is 8.80. The number of phenolic OH excluding ortho intramolecular Hbond substituents is 1. The average molecular weight is 669 g/mol. The number of aromatic hydroxyl groups is 1. The second-order valence-electron chi connectivity index (χ2n) is 13.4. The Labute approximate surface area is 286 Å². The van der Waals surface area contributed by atoms with E-state index in [1.807, 2.05) is 55.5 Å². The van der Waals surface area contributed by atoms with Crippen molar-refractivity contribution >= 4 is 40.7 Å². The normalized spacial score (nSPS) is 27.1. The number of para-hydroxylation sites is 1. The number of imide groups is 2. The Hall–Kier alpha value is -6.10. The molecule has 8 rings (SSSR count). The van der Waals surface area contributed by atoms with E-state index in [1.165, 1.54) is 24.3 Å². The Balaban J connectivity index is 1.29. The molecule has 50 heavy (non-hydrogen) atoms. The zero-order valence-electron chi connectivity index (χ0n) is 26.9. The number of hydrogen-bond donors (Lipinski definition) is 2. The first-order valence-electron chi connectivity index (χ1n) is 16.5. The van der Waals surface area contributed by atoms with E-state index in [-0.39, 0.29) is 30.0 Å². The lowest BCUT2D eigenvalue weighted by atomic mass is 9.49. The van der Waals surface area contributed by atoms with Gasteiger partial charge in [-0.05, 0) is 61.6 Å². The number of allylic oxidation sites excluding steroid dienone is 2. The third kappa shape index (κ3) is 4.42. The zero-order valence-corrected chi connectivity index (χ0v) is 26.9. The highest BCUT2D eigenvalue weighted by atomic mass is 16.6. The molecule has 2 N–H and O–H groups in total. The van der Waals surface area contributed by atoms with Gasteiger partial charge in [0.1, 0.15) is 5.75 Å². The van der Waals surface area contributed by atoms with E-state index in [1.54, 1.807) is 36.4 Å². The van der Waals surface area contributed by atoms with Crippen molar-refractivity contribution in [3.8, 4) is 5.75 Å². The quantitative estimate of drug-likeness (QED) is 0.113. The van der Waals surface area contributed by atoms with Crippen molar-refractivity contribution in [3.63, 3.8) is 0 Å². The van der Waals surface area contributed by atoms with Crippen LogP contribution in [0.2, 0.25) is 0 Å². The minimum Gasteiger partial charge on any atom is -0.508 e. The smallest absolute Gasteiger partial charge is 0.269 e. The summed E-state index contributed by atoms with van der Waals surface area (Å²) in [5.74, 6) is -5.88. The second kappa shape index (κ2) is 11.5. The van der Waals surface area contributed by atoms with Crippen LogP contribution in [0.25, 0.3) is 0 Å². The van der Waals surface area contributed by atoms with Crippen molar-refractivity contribution in [2.24, 2.45) is 23.7 Å². The number of carbonyl (C=O) groups is 4. The first-order chi connectivity index (χ1) is 24.1. The second-order valence-corrected chi connectivity index (χ2v) is 13.4. The van der Waals surface area contributed by atoms with E-state index in [2.05, 4.69) is 5.43 Å². The van der Waals surface area contributed by atoms with Crippen LogP contribution >= 0.6 is 0 Å². The minimum atomic E-state index is -1.49. The number of nitrogens with one attached hydrogen (secondary N) is 1. The van der Waals surface area contributed by atoms with Gasteiger partial charge in [-0.1, -0.05) is 77.9 Å². The predicted molar refractivity (Wildman–Crippen MR) is 182 cm³/mol. The van der Waals surface area contributed by atoms with E-state index in [4.69, 9.17) is 0 Å². The maximum Gasteiger partial charge on any atom is 0.269 e. The molecule has 2 aliphatic heterocycles. The SMILES string of the molecule is Cc1ccc(NN2C(=O)[C@@H]3C[C@@H]4C(=CC[C@@H]5C(=O)N(c6ccc([N+](=O)[O-])cc6)C(=O)[C@@H]54)[C@H](c4ccccc4O)[C@]3(c3ccccc3)C2=O)cc1. The van der Waals surface area contributed by atoms with Crippen LogP contribution < -0.4 is 10.3 Å². The molecular formula is C39H32N4O7. The van der Waals surface area contributed by atoms with E-state index in [0.29, 0.717) is 16.8 Å². The van der Waals surface area contributed by atoms with E-state index >= 15 is 4.79 Å². The van der Waals surface area contributed by atoms with Crippen molar-refractivity contribution in [1.29, 1.82) is 0 Å². The van der Waals surface area contributed by atoms with Crippen molar-refractivity contribution in [3.05, 3.63) is 142 Å². The molecule has 4 amide bonds. The summed E-state index contributed by atoms with van der Waals surface area (Å²) in [5, 5.41) is 23.8. The number of rotatable bonds is 6. The highest BCUT2D eigenvalue weighted by Crippen LogP contribution is 2.65. The maximum atomic E-state index is 15.1. The molecule has 1 saturated carbocycles. The number of nitro groups is 1. The van der Waals surface area contributed by atoms with Gasteiger partial charge in [0.25, 0.3) is 17.5 Å². The molecule has 2 heterocycles. The minimum absolute atomic E-state index is 0.0539. The monoisotopic (exact) mass is 668 g/mol. The molecule has 4 aliphatic rings. The summed E-state index contributed by atoms with van der Waals surface area (Å²) in [6, 6.07) is 28.5. The topological polar surface area (TPSA) is 150 Å². The Bertz CT molecular complexity index is 2110. The molecule has 4 aromatic carbocycles. The number of hydrogen-bond acceptors (Lipinski definition) is 8. The lowest BCUT2D eigenvalue weighted by Crippen LogP contribution is -2.53. The number of phenols is 1. The van der Waals surface area contributed by atoms with E-state index in [0.717, 1.165) is 21.0 Å². The van der Waals surface area contributed by atoms with Gasteiger partial charge in [0.15, 0.2) is 0 Å². The van der Waals surface area contributed by atoms with Crippen LogP contribution in [-0.4, -0.2) is 38.7 Å². The highest BCUT2D eigenvalue weighted by Gasteiger charge is 2.70. The molecule has 0 bridgehead atoms. The molecule has 11 heteroatoms. The van der Waals surface area contributed by atoms with Gasteiger partial charge in [0.2, 0.25) is 11.8 Å². The third-order valence-electron chi connectivity index (χ3n) is 11.0. The van der Waals surface area contributed by atoms with Gasteiger partial charge in [0.05, 0.1) is 39.5 Å². The zero-order chi connectivity index (χ0) is 34.9. The van der Waals surface area contributed by atoms with E-state index < -0.39 is 63.6 Å². The van der Waals surface area contributed by atoms with Gasteiger partial charge >= 0.3 is 0 Å². The van der Waals surface area contributed by atoms with Gasteiger partial charge in [-0.2, -0.15) is 5.01 Å². The van der Waals surface area contributed by atoms with Crippen LogP contribution in [0.4, 0.5) is 17.1 Å². The van der Waals surface area contributed by atoms with Gasteiger partial charge in [-0.3, -0.25) is 39.6 Å². The summed E-state index contributed by atoms with van der Waals surface area (Å²) in [7, 11) is 0. The number of nitro benzene ring substituents is 1. The van der Waals surface area contributed by atoms with Crippen molar-refractivity contribution in [2.75, 3.05) is 10.3 Å². The summed E-state index contributed by atoms with van der Waals surface area (Å²) >= 11 is 0. The number of anilines is 2. The van der Waals surface area contributed by atoms with Crippen LogP contribution in [0.3, 0.4) is 0 Å². The highest BCUT2D eigenvalue weighted by molar-refractivity contribution is 6.22. The summed E-state index contributed by atoms with van der Waals surface area (Å²) in [5.41, 5.74) is 4.95. The molecule has 0 aromatic heterocycles. The summed E-state index contributed by atoms with van der Waals surface area (Å²) in [6.45, 7) is 1.94. The molecule has 6 atom stereocenters. The number of hydrazine groups is 1. The van der Waals surface area contributed by atoms with Crippen molar-refractivity contribution in [1.82, 2.24) is 5.01 Å². The molecule has 4 aromatic rings. The molecule has 11 nitrogen and oxygen atoms in total. The number of fused-ring (bicyclic) bond motifs is 4. The standard InChI is InChI=1S/C39H32N4O7/c1-22-11-13-24(14-12-22)40-42-36(46)31-21-30-27(19-20-29-33(30)37(47)41(35(29)45)25-15-17-26(18-16-25)43(49)50)34(28-9-5-6-10-32(28)44)39(31,38(42)48)23-7-3-2-4-8-23/h2-19,29-31,33-34,40,44H,20-21H2,1H3/t29-,30+,31-,33-,34+,39+/m0/s1. The summed E-state index contributed by atoms with van der Waals surface area (Å²) in [6.07, 6.45) is 2.23. The molecule has 0 unspecified atom stereocenters. The first kappa shape index (κ1) is 31.2. The fourth-order valence-electron chi connectivity index (χ4n) is 8.80. The largest absolute Gasteiger partial charge is 0.508 e.